The summed E-state index contributed by atoms with van der Waals surface area (Å²) in [6.07, 6.45) is 1.50. The second-order valence-corrected chi connectivity index (χ2v) is 8.08. The van der Waals surface area contributed by atoms with Crippen molar-refractivity contribution in [2.75, 3.05) is 26.3 Å². The number of rotatable bonds is 7. The van der Waals surface area contributed by atoms with Gasteiger partial charge in [-0.2, -0.15) is 0 Å². The molecule has 1 saturated heterocycles. The summed E-state index contributed by atoms with van der Waals surface area (Å²) in [6, 6.07) is 9.70. The molecule has 2 atom stereocenters. The number of amides is 2. The van der Waals surface area contributed by atoms with Gasteiger partial charge in [-0.15, -0.1) is 0 Å². The van der Waals surface area contributed by atoms with Gasteiger partial charge in [0.25, 0.3) is 5.91 Å². The maximum Gasteiger partial charge on any atom is 0.251 e. The normalized spacial score (nSPS) is 16.5. The number of pyridine rings is 1. The summed E-state index contributed by atoms with van der Waals surface area (Å²) in [5.41, 5.74) is 6.52. The van der Waals surface area contributed by atoms with Crippen LogP contribution < -0.4 is 16.4 Å². The van der Waals surface area contributed by atoms with E-state index in [4.69, 9.17) is 10.5 Å². The molecule has 0 unspecified atom stereocenters. The van der Waals surface area contributed by atoms with Crippen LogP contribution in [0, 0.1) is 17.5 Å². The van der Waals surface area contributed by atoms with Crippen LogP contribution in [0.25, 0.3) is 11.1 Å². The van der Waals surface area contributed by atoms with Gasteiger partial charge < -0.3 is 21.1 Å². The molecule has 7 nitrogen and oxygen atoms in total. The number of benzene rings is 2. The van der Waals surface area contributed by atoms with E-state index in [9.17, 15) is 22.8 Å². The van der Waals surface area contributed by atoms with Crippen LogP contribution in [0.15, 0.2) is 54.7 Å². The van der Waals surface area contributed by atoms with E-state index in [1.54, 1.807) is 12.1 Å². The van der Waals surface area contributed by atoms with Crippen LogP contribution in [0.5, 0.6) is 0 Å². The molecule has 1 aromatic heterocycles. The van der Waals surface area contributed by atoms with Crippen molar-refractivity contribution in [1.82, 2.24) is 15.6 Å². The lowest BCUT2D eigenvalue weighted by Gasteiger charge is -2.25. The highest BCUT2D eigenvalue weighted by Gasteiger charge is 2.26. The van der Waals surface area contributed by atoms with Crippen LogP contribution >= 0.6 is 0 Å². The van der Waals surface area contributed by atoms with Gasteiger partial charge in [-0.3, -0.25) is 14.6 Å². The highest BCUT2D eigenvalue weighted by Crippen LogP contribution is 2.33. The first-order chi connectivity index (χ1) is 16.8. The summed E-state index contributed by atoms with van der Waals surface area (Å²) in [7, 11) is 0. The zero-order valence-corrected chi connectivity index (χ0v) is 18.6. The molecule has 4 rings (SSSR count). The SMILES string of the molecule is NC(=O)c1cc(-c2cccnc2[C@@H](CNC(=O)[C@H]2COCCN2)c2cc(F)cc(F)c2)ccc1F. The fourth-order valence-corrected chi connectivity index (χ4v) is 4.03. The molecule has 10 heteroatoms. The Morgan fingerprint density at radius 2 is 1.91 bits per heavy atom. The van der Waals surface area contributed by atoms with Crippen molar-refractivity contribution in [3.8, 4) is 11.1 Å². The number of carbonyl (C=O) groups excluding carboxylic acids is 2. The molecule has 182 valence electrons. The minimum Gasteiger partial charge on any atom is -0.378 e. The maximum absolute atomic E-state index is 14.1. The Morgan fingerprint density at radius 1 is 1.14 bits per heavy atom. The van der Waals surface area contributed by atoms with Gasteiger partial charge in [0.15, 0.2) is 0 Å². The van der Waals surface area contributed by atoms with Gasteiger partial charge in [-0.05, 0) is 41.5 Å². The molecule has 1 fully saturated rings. The third-order valence-corrected chi connectivity index (χ3v) is 5.72. The van der Waals surface area contributed by atoms with E-state index in [0.717, 1.165) is 12.1 Å². The molecular formula is C25H23F3N4O3. The lowest BCUT2D eigenvalue weighted by molar-refractivity contribution is -0.125. The molecule has 2 heterocycles. The standard InChI is InChI=1S/C25H23F3N4O3/c26-16-8-15(9-17(27)11-16)20(12-32-25(34)22-13-35-7-6-30-22)23-18(2-1-5-31-23)14-3-4-21(28)19(10-14)24(29)33/h1-5,8-11,20,22,30H,6-7,12-13H2,(H2,29,33)(H,32,34)/t20-,22+/m0/s1. The van der Waals surface area contributed by atoms with Crippen molar-refractivity contribution in [3.63, 3.8) is 0 Å². The number of hydrogen-bond donors (Lipinski definition) is 3. The van der Waals surface area contributed by atoms with Gasteiger partial charge in [0.05, 0.1) is 24.5 Å². The fourth-order valence-electron chi connectivity index (χ4n) is 4.03. The van der Waals surface area contributed by atoms with E-state index in [-0.39, 0.29) is 30.2 Å². The lowest BCUT2D eigenvalue weighted by Crippen LogP contribution is -2.51. The minimum atomic E-state index is -0.937. The van der Waals surface area contributed by atoms with Crippen molar-refractivity contribution in [2.45, 2.75) is 12.0 Å². The number of ether oxygens (including phenoxy) is 1. The summed E-state index contributed by atoms with van der Waals surface area (Å²) >= 11 is 0. The number of primary amides is 1. The quantitative estimate of drug-likeness (QED) is 0.478. The molecular weight excluding hydrogens is 461 g/mol. The second-order valence-electron chi connectivity index (χ2n) is 8.08. The topological polar surface area (TPSA) is 106 Å². The Bertz CT molecular complexity index is 1230. The first kappa shape index (κ1) is 24.4. The Hall–Kier alpha value is -3.76. The van der Waals surface area contributed by atoms with Crippen LogP contribution in [0.2, 0.25) is 0 Å². The van der Waals surface area contributed by atoms with Crippen LogP contribution in [0.4, 0.5) is 13.2 Å². The molecule has 0 radical (unpaired) electrons. The van der Waals surface area contributed by atoms with Gasteiger partial charge in [0.2, 0.25) is 5.91 Å². The van der Waals surface area contributed by atoms with E-state index in [1.165, 1.54) is 30.5 Å². The minimum absolute atomic E-state index is 0.0339. The highest BCUT2D eigenvalue weighted by molar-refractivity contribution is 5.94. The number of carbonyl (C=O) groups is 2. The molecule has 35 heavy (non-hydrogen) atoms. The monoisotopic (exact) mass is 484 g/mol. The van der Waals surface area contributed by atoms with Gasteiger partial charge >= 0.3 is 0 Å². The number of nitrogens with two attached hydrogens (primary N) is 1. The Morgan fingerprint density at radius 3 is 2.60 bits per heavy atom. The summed E-state index contributed by atoms with van der Waals surface area (Å²) in [4.78, 5) is 28.8. The molecule has 4 N–H and O–H groups in total. The molecule has 2 aromatic carbocycles. The molecule has 1 aliphatic rings. The molecule has 2 amide bonds. The van der Waals surface area contributed by atoms with Crippen LogP contribution in [0.3, 0.4) is 0 Å². The van der Waals surface area contributed by atoms with Crippen LogP contribution in [-0.4, -0.2) is 49.1 Å². The smallest absolute Gasteiger partial charge is 0.251 e. The largest absolute Gasteiger partial charge is 0.378 e. The Balaban J connectivity index is 1.74. The van der Waals surface area contributed by atoms with Gasteiger partial charge in [-0.1, -0.05) is 12.1 Å². The first-order valence-corrected chi connectivity index (χ1v) is 10.9. The first-order valence-electron chi connectivity index (χ1n) is 10.9. The predicted octanol–water partition coefficient (Wildman–Crippen LogP) is 2.50. The third-order valence-electron chi connectivity index (χ3n) is 5.72. The van der Waals surface area contributed by atoms with Gasteiger partial charge in [0, 0.05) is 36.8 Å². The zero-order valence-electron chi connectivity index (χ0n) is 18.6. The van der Waals surface area contributed by atoms with Crippen molar-refractivity contribution < 1.29 is 27.5 Å². The number of halogens is 3. The average Bonchev–Trinajstić information content (AvgIpc) is 2.84. The number of aromatic nitrogens is 1. The second kappa shape index (κ2) is 10.7. The predicted molar refractivity (Wildman–Crippen MR) is 122 cm³/mol. The number of nitrogens with one attached hydrogen (secondary N) is 2. The van der Waals surface area contributed by atoms with E-state index >= 15 is 0 Å². The summed E-state index contributed by atoms with van der Waals surface area (Å²) in [6.45, 7) is 1.18. The van der Waals surface area contributed by atoms with Crippen molar-refractivity contribution >= 4 is 11.8 Å². The Kier molecular flexibility index (Phi) is 7.42. The zero-order chi connectivity index (χ0) is 24.9. The van der Waals surface area contributed by atoms with E-state index in [0.29, 0.717) is 30.0 Å². The summed E-state index contributed by atoms with van der Waals surface area (Å²) in [5, 5.41) is 5.85. The molecule has 0 bridgehead atoms. The number of morpholine rings is 1. The maximum atomic E-state index is 14.1. The van der Waals surface area contributed by atoms with Crippen LogP contribution in [-0.2, 0) is 9.53 Å². The number of hydrogen-bond acceptors (Lipinski definition) is 5. The molecule has 0 spiro atoms. The van der Waals surface area contributed by atoms with Crippen LogP contribution in [0.1, 0.15) is 27.5 Å². The van der Waals surface area contributed by atoms with Crippen molar-refractivity contribution in [1.29, 1.82) is 0 Å². The van der Waals surface area contributed by atoms with E-state index < -0.39 is 35.3 Å². The van der Waals surface area contributed by atoms with Gasteiger partial charge in [0.1, 0.15) is 23.5 Å². The number of nitrogens with zero attached hydrogens (tertiary/aromatic N) is 1. The highest BCUT2D eigenvalue weighted by atomic mass is 19.1. The molecule has 1 aliphatic heterocycles. The molecule has 0 saturated carbocycles. The fraction of sp³-hybridized carbons (Fsp3) is 0.240. The summed E-state index contributed by atoms with van der Waals surface area (Å²) in [5.74, 6) is -4.38. The van der Waals surface area contributed by atoms with Crippen molar-refractivity contribution in [3.05, 3.63) is 89.0 Å². The Labute approximate surface area is 199 Å². The van der Waals surface area contributed by atoms with E-state index in [2.05, 4.69) is 15.6 Å². The summed E-state index contributed by atoms with van der Waals surface area (Å²) < 4.78 is 47.7. The average molecular weight is 484 g/mol. The van der Waals surface area contributed by atoms with Crippen molar-refractivity contribution in [2.24, 2.45) is 5.73 Å². The third kappa shape index (κ3) is 5.67. The molecule has 0 aliphatic carbocycles. The molecule has 3 aromatic rings. The van der Waals surface area contributed by atoms with E-state index in [1.807, 2.05) is 0 Å². The van der Waals surface area contributed by atoms with Gasteiger partial charge in [-0.25, -0.2) is 13.2 Å². The lowest BCUT2D eigenvalue weighted by atomic mass is 9.89.